The second-order valence-corrected chi connectivity index (χ2v) is 8.21. The van der Waals surface area contributed by atoms with Crippen LogP contribution in [0.2, 0.25) is 0 Å². The smallest absolute Gasteiger partial charge is 0.345 e. The SMILES string of the molecule is CONC(=O)c1ccc(C)c(Nc2ncnn3cc(C(=O)N[C@@H](C)c4ccccc4)c(C(F)(F)F)c23)c1. The van der Waals surface area contributed by atoms with Gasteiger partial charge in [0.1, 0.15) is 11.8 Å². The molecule has 0 fully saturated rings. The van der Waals surface area contributed by atoms with E-state index in [0.717, 1.165) is 22.6 Å². The number of benzene rings is 2. The standard InChI is InChI=1S/C25H23F3N6O3/c1-14-9-10-17(23(35)33-37-3)11-19(14)32-22-21-20(25(26,27)28)18(12-34(21)30-13-29-22)24(36)31-15(2)16-7-5-4-6-8-16/h4-13,15H,1-3H3,(H,31,36)(H,33,35)(H,29,30,32)/t15-/m0/s1. The van der Waals surface area contributed by atoms with E-state index in [1.165, 1.54) is 13.2 Å². The third-order valence-corrected chi connectivity index (χ3v) is 5.70. The number of carbonyl (C=O) groups is 2. The summed E-state index contributed by atoms with van der Waals surface area (Å²) in [7, 11) is 1.28. The van der Waals surface area contributed by atoms with Crippen molar-refractivity contribution in [3.63, 3.8) is 0 Å². The third kappa shape index (κ3) is 5.38. The fourth-order valence-electron chi connectivity index (χ4n) is 3.84. The van der Waals surface area contributed by atoms with Crippen molar-refractivity contribution in [1.29, 1.82) is 0 Å². The number of aromatic nitrogens is 3. The summed E-state index contributed by atoms with van der Waals surface area (Å²) in [5.41, 5.74) is 1.90. The van der Waals surface area contributed by atoms with E-state index in [-0.39, 0.29) is 11.4 Å². The first-order valence-corrected chi connectivity index (χ1v) is 11.1. The zero-order chi connectivity index (χ0) is 26.7. The lowest BCUT2D eigenvalue weighted by Crippen LogP contribution is -2.28. The lowest BCUT2D eigenvalue weighted by atomic mass is 10.1. The molecule has 4 rings (SSSR count). The van der Waals surface area contributed by atoms with Gasteiger partial charge in [-0.15, -0.1) is 0 Å². The van der Waals surface area contributed by atoms with Crippen molar-refractivity contribution in [2.24, 2.45) is 0 Å². The van der Waals surface area contributed by atoms with Crippen molar-refractivity contribution in [2.75, 3.05) is 12.4 Å². The number of amides is 2. The van der Waals surface area contributed by atoms with E-state index in [2.05, 4.69) is 31.0 Å². The molecule has 2 aromatic carbocycles. The molecule has 37 heavy (non-hydrogen) atoms. The van der Waals surface area contributed by atoms with Crippen LogP contribution in [0.25, 0.3) is 5.52 Å². The maximum absolute atomic E-state index is 14.3. The highest BCUT2D eigenvalue weighted by molar-refractivity contribution is 6.00. The summed E-state index contributed by atoms with van der Waals surface area (Å²) in [6.07, 6.45) is -2.80. The van der Waals surface area contributed by atoms with Gasteiger partial charge in [0.25, 0.3) is 11.8 Å². The van der Waals surface area contributed by atoms with Gasteiger partial charge in [-0.3, -0.25) is 14.4 Å². The average Bonchev–Trinajstić information content (AvgIpc) is 3.27. The molecule has 0 aliphatic carbocycles. The number of hydroxylamine groups is 1. The Kier molecular flexibility index (Phi) is 7.11. The van der Waals surface area contributed by atoms with E-state index >= 15 is 0 Å². The lowest BCUT2D eigenvalue weighted by Gasteiger charge is -2.16. The molecule has 2 amide bonds. The molecule has 3 N–H and O–H groups in total. The highest BCUT2D eigenvalue weighted by atomic mass is 19.4. The van der Waals surface area contributed by atoms with Crippen LogP contribution in [0.1, 0.15) is 50.4 Å². The Hall–Kier alpha value is -4.45. The number of alkyl halides is 3. The number of hydrogen-bond acceptors (Lipinski definition) is 6. The van der Waals surface area contributed by atoms with E-state index in [1.807, 2.05) is 0 Å². The van der Waals surface area contributed by atoms with Gasteiger partial charge in [-0.1, -0.05) is 36.4 Å². The Labute approximate surface area is 209 Å². The van der Waals surface area contributed by atoms with Crippen LogP contribution < -0.4 is 16.1 Å². The maximum Gasteiger partial charge on any atom is 0.419 e. The number of hydrogen-bond donors (Lipinski definition) is 3. The molecule has 0 spiro atoms. The van der Waals surface area contributed by atoms with Gasteiger partial charge in [0, 0.05) is 17.4 Å². The molecule has 9 nitrogen and oxygen atoms in total. The third-order valence-electron chi connectivity index (χ3n) is 5.70. The summed E-state index contributed by atoms with van der Waals surface area (Å²) in [6, 6.07) is 13.0. The van der Waals surface area contributed by atoms with Crippen LogP contribution in [0.4, 0.5) is 24.7 Å². The molecular formula is C25H23F3N6O3. The molecule has 2 heterocycles. The number of fused-ring (bicyclic) bond motifs is 1. The Balaban J connectivity index is 1.76. The Bertz CT molecular complexity index is 1450. The van der Waals surface area contributed by atoms with E-state index in [0.29, 0.717) is 11.3 Å². The minimum Gasteiger partial charge on any atom is -0.345 e. The van der Waals surface area contributed by atoms with Crippen LogP contribution in [0.3, 0.4) is 0 Å². The molecule has 2 aromatic heterocycles. The highest BCUT2D eigenvalue weighted by Gasteiger charge is 2.40. The summed E-state index contributed by atoms with van der Waals surface area (Å²) in [4.78, 5) is 33.8. The zero-order valence-corrected chi connectivity index (χ0v) is 20.1. The molecule has 0 saturated heterocycles. The summed E-state index contributed by atoms with van der Waals surface area (Å²) >= 11 is 0. The molecule has 0 aliphatic heterocycles. The Morgan fingerprint density at radius 2 is 1.81 bits per heavy atom. The van der Waals surface area contributed by atoms with Gasteiger partial charge in [0.05, 0.1) is 24.3 Å². The van der Waals surface area contributed by atoms with Crippen LogP contribution in [-0.4, -0.2) is 33.5 Å². The van der Waals surface area contributed by atoms with Crippen LogP contribution in [-0.2, 0) is 11.0 Å². The van der Waals surface area contributed by atoms with Crippen LogP contribution in [0, 0.1) is 6.92 Å². The molecule has 0 aliphatic rings. The molecule has 0 unspecified atom stereocenters. The van der Waals surface area contributed by atoms with Gasteiger partial charge >= 0.3 is 6.18 Å². The van der Waals surface area contributed by atoms with Gasteiger partial charge in [-0.25, -0.2) is 15.0 Å². The van der Waals surface area contributed by atoms with Crippen molar-refractivity contribution in [1.82, 2.24) is 25.4 Å². The second-order valence-electron chi connectivity index (χ2n) is 8.21. The minimum atomic E-state index is -4.90. The quantitative estimate of drug-likeness (QED) is 0.313. The number of halogens is 3. The van der Waals surface area contributed by atoms with E-state index in [1.54, 1.807) is 56.3 Å². The Morgan fingerprint density at radius 1 is 1.08 bits per heavy atom. The van der Waals surface area contributed by atoms with E-state index < -0.39 is 40.7 Å². The molecule has 0 saturated carbocycles. The molecule has 4 aromatic rings. The number of aryl methyl sites for hydroxylation is 1. The predicted octanol–water partition coefficient (Wildman–Crippen LogP) is 4.58. The lowest BCUT2D eigenvalue weighted by molar-refractivity contribution is -0.136. The monoisotopic (exact) mass is 512 g/mol. The normalized spacial score (nSPS) is 12.3. The molecule has 0 radical (unpaired) electrons. The summed E-state index contributed by atoms with van der Waals surface area (Å²) in [5, 5.41) is 9.37. The fourth-order valence-corrected chi connectivity index (χ4v) is 3.84. The maximum atomic E-state index is 14.3. The first kappa shape index (κ1) is 25.6. The van der Waals surface area contributed by atoms with Gasteiger partial charge in [0.15, 0.2) is 5.82 Å². The average molecular weight is 512 g/mol. The number of carbonyl (C=O) groups excluding carboxylic acids is 2. The summed E-state index contributed by atoms with van der Waals surface area (Å²) in [6.45, 7) is 3.39. The van der Waals surface area contributed by atoms with Crippen molar-refractivity contribution in [2.45, 2.75) is 26.1 Å². The molecule has 12 heteroatoms. The van der Waals surface area contributed by atoms with Crippen LogP contribution in [0.5, 0.6) is 0 Å². The van der Waals surface area contributed by atoms with Crippen molar-refractivity contribution >= 4 is 28.8 Å². The molecular weight excluding hydrogens is 489 g/mol. The molecule has 0 bridgehead atoms. The molecule has 1 atom stereocenters. The van der Waals surface area contributed by atoms with Crippen molar-refractivity contribution in [3.05, 3.63) is 88.9 Å². The number of anilines is 2. The van der Waals surface area contributed by atoms with Crippen LogP contribution in [0.15, 0.2) is 61.1 Å². The zero-order valence-electron chi connectivity index (χ0n) is 20.1. The largest absolute Gasteiger partial charge is 0.419 e. The predicted molar refractivity (Wildman–Crippen MR) is 129 cm³/mol. The number of nitrogens with one attached hydrogen (secondary N) is 3. The Morgan fingerprint density at radius 3 is 2.49 bits per heavy atom. The summed E-state index contributed by atoms with van der Waals surface area (Å²) < 4.78 is 44.0. The van der Waals surface area contributed by atoms with Crippen molar-refractivity contribution in [3.8, 4) is 0 Å². The fraction of sp³-hybridized carbons (Fsp3) is 0.200. The number of rotatable bonds is 7. The minimum absolute atomic E-state index is 0.190. The van der Waals surface area contributed by atoms with Gasteiger partial charge < -0.3 is 10.6 Å². The first-order chi connectivity index (χ1) is 17.6. The number of nitrogens with zero attached hydrogens (tertiary/aromatic N) is 3. The highest BCUT2D eigenvalue weighted by Crippen LogP contribution is 2.39. The second kappa shape index (κ2) is 10.3. The van der Waals surface area contributed by atoms with Crippen LogP contribution >= 0.6 is 0 Å². The first-order valence-electron chi connectivity index (χ1n) is 11.1. The summed E-state index contributed by atoms with van der Waals surface area (Å²) in [5.74, 6) is -1.64. The molecule has 192 valence electrons. The van der Waals surface area contributed by atoms with E-state index in [4.69, 9.17) is 0 Å². The topological polar surface area (TPSA) is 110 Å². The van der Waals surface area contributed by atoms with Crippen molar-refractivity contribution < 1.29 is 27.6 Å². The van der Waals surface area contributed by atoms with E-state index in [9.17, 15) is 22.8 Å². The van der Waals surface area contributed by atoms with Gasteiger partial charge in [-0.05, 0) is 37.1 Å². The van der Waals surface area contributed by atoms with Gasteiger partial charge in [-0.2, -0.15) is 18.3 Å². The van der Waals surface area contributed by atoms with Gasteiger partial charge in [0.2, 0.25) is 0 Å².